The molecule has 0 aromatic heterocycles. The minimum atomic E-state index is 0.784. The van der Waals surface area contributed by atoms with Crippen LogP contribution in [-0.4, -0.2) is 38.1 Å². The fourth-order valence-electron chi connectivity index (χ4n) is 3.03. The molecule has 0 atom stereocenters. The third-order valence-electron chi connectivity index (χ3n) is 4.24. The fourth-order valence-corrected chi connectivity index (χ4v) is 3.03. The molecule has 1 aliphatic rings. The van der Waals surface area contributed by atoms with Crippen LogP contribution in [-0.2, 0) is 6.42 Å². The predicted molar refractivity (Wildman–Crippen MR) is 82.8 cm³/mol. The summed E-state index contributed by atoms with van der Waals surface area (Å²) in [6.07, 6.45) is 5.07. The second-order valence-electron chi connectivity index (χ2n) is 5.71. The van der Waals surface area contributed by atoms with Crippen LogP contribution in [0.5, 0.6) is 0 Å². The quantitative estimate of drug-likeness (QED) is 0.846. The highest BCUT2D eigenvalue weighted by atomic mass is 15.1. The van der Waals surface area contributed by atoms with Gasteiger partial charge in [0.15, 0.2) is 0 Å². The number of likely N-dealkylation sites (N-methyl/N-ethyl adjacent to an activating group) is 1. The SMILES string of the molecule is CCCN1CCC(c2ccc(CCNC)cc2)CC1. The lowest BCUT2D eigenvalue weighted by Crippen LogP contribution is -2.33. The number of hydrogen-bond acceptors (Lipinski definition) is 2. The summed E-state index contributed by atoms with van der Waals surface area (Å²) in [5, 5.41) is 3.21. The number of benzene rings is 1. The third-order valence-corrected chi connectivity index (χ3v) is 4.24. The van der Waals surface area contributed by atoms with Gasteiger partial charge in [0.25, 0.3) is 0 Å². The van der Waals surface area contributed by atoms with Gasteiger partial charge < -0.3 is 10.2 Å². The van der Waals surface area contributed by atoms with Crippen molar-refractivity contribution in [3.8, 4) is 0 Å². The van der Waals surface area contributed by atoms with E-state index in [0.717, 1.165) is 18.9 Å². The number of likely N-dealkylation sites (tertiary alicyclic amines) is 1. The van der Waals surface area contributed by atoms with Gasteiger partial charge in [-0.1, -0.05) is 31.2 Å². The first-order valence-corrected chi connectivity index (χ1v) is 7.79. The lowest BCUT2D eigenvalue weighted by Gasteiger charge is -2.32. The molecule has 2 nitrogen and oxygen atoms in total. The molecule has 0 amide bonds. The van der Waals surface area contributed by atoms with E-state index in [1.54, 1.807) is 5.56 Å². The summed E-state index contributed by atoms with van der Waals surface area (Å²) in [7, 11) is 2.01. The number of nitrogens with one attached hydrogen (secondary N) is 1. The van der Waals surface area contributed by atoms with Crippen molar-refractivity contribution in [1.82, 2.24) is 10.2 Å². The first kappa shape index (κ1) is 14.5. The zero-order valence-electron chi connectivity index (χ0n) is 12.5. The highest BCUT2D eigenvalue weighted by molar-refractivity contribution is 5.26. The number of rotatable bonds is 6. The fraction of sp³-hybridized carbons (Fsp3) is 0.647. The third kappa shape index (κ3) is 4.32. The molecule has 0 saturated carbocycles. The zero-order chi connectivity index (χ0) is 13.5. The first-order chi connectivity index (χ1) is 9.33. The standard InChI is InChI=1S/C17H28N2/c1-3-12-19-13-9-17(10-14-19)16-6-4-15(5-7-16)8-11-18-2/h4-7,17-18H,3,8-14H2,1-2H3. The van der Waals surface area contributed by atoms with E-state index in [-0.39, 0.29) is 0 Å². The van der Waals surface area contributed by atoms with Gasteiger partial charge in [0.2, 0.25) is 0 Å². The summed E-state index contributed by atoms with van der Waals surface area (Å²) >= 11 is 0. The second kappa shape index (κ2) is 7.66. The molecule has 19 heavy (non-hydrogen) atoms. The van der Waals surface area contributed by atoms with Crippen LogP contribution in [0.4, 0.5) is 0 Å². The van der Waals surface area contributed by atoms with E-state index in [0.29, 0.717) is 0 Å². The molecule has 106 valence electrons. The highest BCUT2D eigenvalue weighted by Crippen LogP contribution is 2.28. The Kier molecular flexibility index (Phi) is 5.87. The van der Waals surface area contributed by atoms with Crippen LogP contribution in [0.2, 0.25) is 0 Å². The molecule has 1 heterocycles. The zero-order valence-corrected chi connectivity index (χ0v) is 12.5. The van der Waals surface area contributed by atoms with Gasteiger partial charge in [-0.2, -0.15) is 0 Å². The van der Waals surface area contributed by atoms with Gasteiger partial charge in [-0.25, -0.2) is 0 Å². The van der Waals surface area contributed by atoms with Gasteiger partial charge in [-0.15, -0.1) is 0 Å². The molecule has 2 heteroatoms. The van der Waals surface area contributed by atoms with E-state index < -0.39 is 0 Å². The van der Waals surface area contributed by atoms with Crippen molar-refractivity contribution in [2.45, 2.75) is 38.5 Å². The van der Waals surface area contributed by atoms with E-state index in [1.165, 1.54) is 44.5 Å². The van der Waals surface area contributed by atoms with Crippen molar-refractivity contribution in [1.29, 1.82) is 0 Å². The maximum Gasteiger partial charge on any atom is -0.00114 e. The minimum absolute atomic E-state index is 0.784. The van der Waals surface area contributed by atoms with Crippen molar-refractivity contribution in [2.24, 2.45) is 0 Å². The van der Waals surface area contributed by atoms with Gasteiger partial charge in [-0.3, -0.25) is 0 Å². The maximum atomic E-state index is 3.21. The summed E-state index contributed by atoms with van der Waals surface area (Å²) in [6.45, 7) is 7.17. The first-order valence-electron chi connectivity index (χ1n) is 7.79. The molecular weight excluding hydrogens is 232 g/mol. The smallest absolute Gasteiger partial charge is 0.00114 e. The molecule has 0 bridgehead atoms. The normalized spacial score (nSPS) is 17.8. The molecule has 0 aliphatic carbocycles. The van der Waals surface area contributed by atoms with Crippen molar-refractivity contribution in [3.05, 3.63) is 35.4 Å². The Morgan fingerprint density at radius 3 is 2.42 bits per heavy atom. The Balaban J connectivity index is 1.85. The van der Waals surface area contributed by atoms with Crippen LogP contribution >= 0.6 is 0 Å². The van der Waals surface area contributed by atoms with Gasteiger partial charge in [-0.05, 0) is 76.0 Å². The number of piperidine rings is 1. The lowest BCUT2D eigenvalue weighted by molar-refractivity contribution is 0.213. The Morgan fingerprint density at radius 2 is 1.84 bits per heavy atom. The van der Waals surface area contributed by atoms with Gasteiger partial charge >= 0.3 is 0 Å². The molecule has 0 unspecified atom stereocenters. The molecule has 1 aromatic rings. The Morgan fingerprint density at radius 1 is 1.16 bits per heavy atom. The number of nitrogens with zero attached hydrogens (tertiary/aromatic N) is 1. The maximum absolute atomic E-state index is 3.21. The molecule has 1 saturated heterocycles. The topological polar surface area (TPSA) is 15.3 Å². The van der Waals surface area contributed by atoms with Crippen LogP contribution in [0, 0.1) is 0 Å². The average molecular weight is 260 g/mol. The van der Waals surface area contributed by atoms with Crippen LogP contribution < -0.4 is 5.32 Å². The van der Waals surface area contributed by atoms with Crippen LogP contribution in [0.25, 0.3) is 0 Å². The van der Waals surface area contributed by atoms with E-state index in [2.05, 4.69) is 41.4 Å². The molecule has 1 aliphatic heterocycles. The summed E-state index contributed by atoms with van der Waals surface area (Å²) in [6, 6.07) is 9.33. The summed E-state index contributed by atoms with van der Waals surface area (Å²) < 4.78 is 0. The van der Waals surface area contributed by atoms with Gasteiger partial charge in [0.05, 0.1) is 0 Å². The Bertz CT molecular complexity index is 350. The van der Waals surface area contributed by atoms with Crippen molar-refractivity contribution >= 4 is 0 Å². The molecule has 1 fully saturated rings. The van der Waals surface area contributed by atoms with E-state index in [9.17, 15) is 0 Å². The Hall–Kier alpha value is -0.860. The second-order valence-corrected chi connectivity index (χ2v) is 5.71. The lowest BCUT2D eigenvalue weighted by atomic mass is 9.89. The largest absolute Gasteiger partial charge is 0.319 e. The van der Waals surface area contributed by atoms with Crippen LogP contribution in [0.15, 0.2) is 24.3 Å². The van der Waals surface area contributed by atoms with Crippen molar-refractivity contribution in [3.63, 3.8) is 0 Å². The van der Waals surface area contributed by atoms with Gasteiger partial charge in [0, 0.05) is 0 Å². The van der Waals surface area contributed by atoms with Gasteiger partial charge in [0.1, 0.15) is 0 Å². The van der Waals surface area contributed by atoms with E-state index in [1.807, 2.05) is 7.05 Å². The minimum Gasteiger partial charge on any atom is -0.319 e. The highest BCUT2D eigenvalue weighted by Gasteiger charge is 2.19. The Labute approximate surface area is 118 Å². The average Bonchev–Trinajstić information content (AvgIpc) is 2.47. The van der Waals surface area contributed by atoms with Crippen LogP contribution in [0.1, 0.15) is 43.2 Å². The molecule has 2 rings (SSSR count). The predicted octanol–water partition coefficient (Wildman–Crippen LogP) is 3.04. The monoisotopic (exact) mass is 260 g/mol. The van der Waals surface area contributed by atoms with Crippen molar-refractivity contribution < 1.29 is 0 Å². The molecule has 1 aromatic carbocycles. The summed E-state index contributed by atoms with van der Waals surface area (Å²) in [5.74, 6) is 0.784. The van der Waals surface area contributed by atoms with Crippen molar-refractivity contribution in [2.75, 3.05) is 33.2 Å². The summed E-state index contributed by atoms with van der Waals surface area (Å²) in [4.78, 5) is 2.61. The molecule has 1 N–H and O–H groups in total. The van der Waals surface area contributed by atoms with E-state index in [4.69, 9.17) is 0 Å². The van der Waals surface area contributed by atoms with E-state index >= 15 is 0 Å². The van der Waals surface area contributed by atoms with Crippen LogP contribution in [0.3, 0.4) is 0 Å². The summed E-state index contributed by atoms with van der Waals surface area (Å²) in [5.41, 5.74) is 2.99. The number of hydrogen-bond donors (Lipinski definition) is 1. The molecule has 0 spiro atoms. The molecular formula is C17H28N2. The molecule has 0 radical (unpaired) electrons.